The van der Waals surface area contributed by atoms with E-state index in [1.54, 1.807) is 6.20 Å². The standard InChI is InChI=1S/C16H25N3OS/c1-12-6-8-14(9-7-12)19(13-4-2-3-5-13)16(20)18-15-17-10-11-21-15/h10-14H,2-9H2,1H3,(H,17,18,20). The van der Waals surface area contributed by atoms with Crippen molar-refractivity contribution in [3.05, 3.63) is 11.6 Å². The largest absolute Gasteiger partial charge is 0.324 e. The lowest BCUT2D eigenvalue weighted by Gasteiger charge is -2.39. The van der Waals surface area contributed by atoms with Crippen LogP contribution in [0.15, 0.2) is 11.6 Å². The van der Waals surface area contributed by atoms with Crippen LogP contribution in [-0.2, 0) is 0 Å². The normalized spacial score (nSPS) is 26.7. The molecule has 2 aliphatic rings. The van der Waals surface area contributed by atoms with E-state index in [1.165, 1.54) is 37.0 Å². The minimum absolute atomic E-state index is 0.0661. The van der Waals surface area contributed by atoms with Crippen LogP contribution in [0.4, 0.5) is 9.93 Å². The summed E-state index contributed by atoms with van der Waals surface area (Å²) < 4.78 is 0. The molecule has 1 heterocycles. The van der Waals surface area contributed by atoms with Crippen molar-refractivity contribution in [1.82, 2.24) is 9.88 Å². The Morgan fingerprint density at radius 1 is 1.19 bits per heavy atom. The fourth-order valence-corrected chi connectivity index (χ4v) is 4.29. The Morgan fingerprint density at radius 2 is 1.86 bits per heavy atom. The van der Waals surface area contributed by atoms with E-state index in [0.717, 1.165) is 31.6 Å². The number of rotatable bonds is 3. The van der Waals surface area contributed by atoms with Crippen molar-refractivity contribution in [2.75, 3.05) is 5.32 Å². The Balaban J connectivity index is 1.70. The van der Waals surface area contributed by atoms with Gasteiger partial charge in [0, 0.05) is 23.7 Å². The van der Waals surface area contributed by atoms with Gasteiger partial charge in [0.05, 0.1) is 0 Å². The number of amides is 2. The molecule has 1 aromatic rings. The summed E-state index contributed by atoms with van der Waals surface area (Å²) in [5.74, 6) is 0.814. The van der Waals surface area contributed by atoms with Gasteiger partial charge in [0.1, 0.15) is 0 Å². The van der Waals surface area contributed by atoms with E-state index in [-0.39, 0.29) is 6.03 Å². The van der Waals surface area contributed by atoms with Crippen LogP contribution in [0.25, 0.3) is 0 Å². The summed E-state index contributed by atoms with van der Waals surface area (Å²) in [6.07, 6.45) is 11.4. The summed E-state index contributed by atoms with van der Waals surface area (Å²) in [4.78, 5) is 19.1. The van der Waals surface area contributed by atoms with Crippen LogP contribution < -0.4 is 5.32 Å². The van der Waals surface area contributed by atoms with Gasteiger partial charge < -0.3 is 4.90 Å². The van der Waals surface area contributed by atoms with Gasteiger partial charge in [0.15, 0.2) is 5.13 Å². The third-order valence-electron chi connectivity index (χ3n) is 4.98. The van der Waals surface area contributed by atoms with Crippen molar-refractivity contribution >= 4 is 22.5 Å². The summed E-state index contributed by atoms with van der Waals surface area (Å²) in [5.41, 5.74) is 0. The highest BCUT2D eigenvalue weighted by molar-refractivity contribution is 7.13. The molecular formula is C16H25N3OS. The first-order chi connectivity index (χ1) is 10.2. The number of urea groups is 1. The number of carbonyl (C=O) groups excluding carboxylic acids is 1. The Hall–Kier alpha value is -1.10. The molecule has 0 aliphatic heterocycles. The van der Waals surface area contributed by atoms with Crippen molar-refractivity contribution in [2.45, 2.75) is 70.4 Å². The van der Waals surface area contributed by atoms with Crippen LogP contribution >= 0.6 is 11.3 Å². The Morgan fingerprint density at radius 3 is 2.48 bits per heavy atom. The first kappa shape index (κ1) is 14.8. The topological polar surface area (TPSA) is 45.2 Å². The lowest BCUT2D eigenvalue weighted by atomic mass is 9.86. The van der Waals surface area contributed by atoms with Crippen LogP contribution in [0.3, 0.4) is 0 Å². The van der Waals surface area contributed by atoms with Gasteiger partial charge in [-0.15, -0.1) is 11.3 Å². The molecule has 2 saturated carbocycles. The number of hydrogen-bond donors (Lipinski definition) is 1. The van der Waals surface area contributed by atoms with E-state index in [4.69, 9.17) is 0 Å². The lowest BCUT2D eigenvalue weighted by molar-refractivity contribution is 0.124. The molecule has 1 N–H and O–H groups in total. The monoisotopic (exact) mass is 307 g/mol. The highest BCUT2D eigenvalue weighted by atomic mass is 32.1. The lowest BCUT2D eigenvalue weighted by Crippen LogP contribution is -2.49. The van der Waals surface area contributed by atoms with Gasteiger partial charge in [-0.2, -0.15) is 0 Å². The van der Waals surface area contributed by atoms with Gasteiger partial charge in [-0.05, 0) is 44.4 Å². The van der Waals surface area contributed by atoms with Gasteiger partial charge in [0.2, 0.25) is 0 Å². The van der Waals surface area contributed by atoms with Gasteiger partial charge >= 0.3 is 6.03 Å². The van der Waals surface area contributed by atoms with E-state index in [9.17, 15) is 4.79 Å². The van der Waals surface area contributed by atoms with E-state index < -0.39 is 0 Å². The maximum absolute atomic E-state index is 12.8. The number of hydrogen-bond acceptors (Lipinski definition) is 3. The predicted molar refractivity (Wildman–Crippen MR) is 86.6 cm³/mol. The Bertz CT molecular complexity index is 448. The molecule has 0 aromatic carbocycles. The molecule has 5 heteroatoms. The number of anilines is 1. The maximum atomic E-state index is 12.8. The third kappa shape index (κ3) is 3.57. The number of carbonyl (C=O) groups is 1. The van der Waals surface area contributed by atoms with Crippen molar-refractivity contribution in [2.24, 2.45) is 5.92 Å². The summed E-state index contributed by atoms with van der Waals surface area (Å²) in [5, 5.41) is 5.62. The number of aromatic nitrogens is 1. The highest BCUT2D eigenvalue weighted by Crippen LogP contribution is 2.33. The molecule has 2 amide bonds. The zero-order valence-corrected chi connectivity index (χ0v) is 13.6. The average molecular weight is 307 g/mol. The second kappa shape index (κ2) is 6.77. The summed E-state index contributed by atoms with van der Waals surface area (Å²) in [6, 6.07) is 0.920. The van der Waals surface area contributed by atoms with Crippen molar-refractivity contribution in [3.8, 4) is 0 Å². The number of thiazole rings is 1. The minimum atomic E-state index is 0.0661. The number of nitrogens with zero attached hydrogens (tertiary/aromatic N) is 2. The molecule has 3 rings (SSSR count). The molecule has 0 atom stereocenters. The predicted octanol–water partition coefficient (Wildman–Crippen LogP) is 4.50. The quantitative estimate of drug-likeness (QED) is 0.893. The van der Waals surface area contributed by atoms with Crippen molar-refractivity contribution in [3.63, 3.8) is 0 Å². The molecule has 2 aliphatic carbocycles. The zero-order chi connectivity index (χ0) is 14.7. The summed E-state index contributed by atoms with van der Waals surface area (Å²) >= 11 is 1.49. The van der Waals surface area contributed by atoms with Gasteiger partial charge in [-0.3, -0.25) is 5.32 Å². The molecule has 4 nitrogen and oxygen atoms in total. The zero-order valence-electron chi connectivity index (χ0n) is 12.8. The van der Waals surface area contributed by atoms with E-state index in [2.05, 4.69) is 22.1 Å². The Kier molecular flexibility index (Phi) is 4.78. The van der Waals surface area contributed by atoms with Crippen LogP contribution in [-0.4, -0.2) is 28.0 Å². The first-order valence-electron chi connectivity index (χ1n) is 8.23. The van der Waals surface area contributed by atoms with Gasteiger partial charge in [-0.25, -0.2) is 9.78 Å². The molecule has 2 fully saturated rings. The Labute approximate surface area is 130 Å². The fraction of sp³-hybridized carbons (Fsp3) is 0.750. The van der Waals surface area contributed by atoms with Gasteiger partial charge in [-0.1, -0.05) is 19.8 Å². The first-order valence-corrected chi connectivity index (χ1v) is 9.11. The molecule has 1 aromatic heterocycles. The van der Waals surface area contributed by atoms with Gasteiger partial charge in [0.25, 0.3) is 0 Å². The molecule has 0 saturated heterocycles. The second-order valence-corrected chi connectivity index (χ2v) is 7.42. The average Bonchev–Trinajstić information content (AvgIpc) is 3.15. The number of nitrogens with one attached hydrogen (secondary N) is 1. The molecule has 0 radical (unpaired) electrons. The second-order valence-electron chi connectivity index (χ2n) is 6.53. The summed E-state index contributed by atoms with van der Waals surface area (Å²) in [6.45, 7) is 2.33. The van der Waals surface area contributed by atoms with E-state index in [1.807, 2.05) is 5.38 Å². The molecule has 116 valence electrons. The van der Waals surface area contributed by atoms with Crippen molar-refractivity contribution in [1.29, 1.82) is 0 Å². The smallest absolute Gasteiger partial charge is 0.319 e. The van der Waals surface area contributed by atoms with Crippen LogP contribution in [0.2, 0.25) is 0 Å². The van der Waals surface area contributed by atoms with Crippen LogP contribution in [0.5, 0.6) is 0 Å². The van der Waals surface area contributed by atoms with E-state index in [0.29, 0.717) is 17.2 Å². The fourth-order valence-electron chi connectivity index (χ4n) is 3.77. The molecule has 0 bridgehead atoms. The minimum Gasteiger partial charge on any atom is -0.319 e. The van der Waals surface area contributed by atoms with Crippen LogP contribution in [0.1, 0.15) is 58.3 Å². The maximum Gasteiger partial charge on any atom is 0.324 e. The van der Waals surface area contributed by atoms with E-state index >= 15 is 0 Å². The van der Waals surface area contributed by atoms with Crippen molar-refractivity contribution < 1.29 is 4.79 Å². The highest BCUT2D eigenvalue weighted by Gasteiger charge is 2.34. The SMILES string of the molecule is CC1CCC(N(C(=O)Nc2nccs2)C2CCCC2)CC1. The third-order valence-corrected chi connectivity index (χ3v) is 5.67. The summed E-state index contributed by atoms with van der Waals surface area (Å²) in [7, 11) is 0. The molecule has 0 spiro atoms. The molecular weight excluding hydrogens is 282 g/mol. The van der Waals surface area contributed by atoms with Crippen LogP contribution in [0, 0.1) is 5.92 Å². The molecule has 0 unspecified atom stereocenters. The molecule has 21 heavy (non-hydrogen) atoms.